The fourth-order valence-electron chi connectivity index (χ4n) is 2.05. The first-order valence-corrected chi connectivity index (χ1v) is 5.19. The molecule has 0 aromatic heterocycles. The summed E-state index contributed by atoms with van der Waals surface area (Å²) in [4.78, 5) is 11.5. The molecule has 2 atom stereocenters. The molecule has 0 radical (unpaired) electrons. The number of rotatable bonds is 4. The summed E-state index contributed by atoms with van der Waals surface area (Å²) in [5.74, 6) is -0.703. The molecule has 3 heteroatoms. The Morgan fingerprint density at radius 1 is 1.64 bits per heavy atom. The van der Waals surface area contributed by atoms with Crippen molar-refractivity contribution in [1.29, 1.82) is 0 Å². The number of ether oxygens (including phenoxy) is 1. The second-order valence-corrected chi connectivity index (χ2v) is 4.69. The van der Waals surface area contributed by atoms with Gasteiger partial charge >= 0.3 is 5.97 Å². The molecule has 1 rings (SSSR count). The number of carbonyl (C=O) groups is 1. The highest BCUT2D eigenvalue weighted by atomic mass is 16.5. The molecule has 0 saturated heterocycles. The molecule has 1 fully saturated rings. The summed E-state index contributed by atoms with van der Waals surface area (Å²) in [7, 11) is 1.37. The number of aliphatic hydroxyl groups is 1. The molecule has 2 unspecified atom stereocenters. The fourth-order valence-corrected chi connectivity index (χ4v) is 2.05. The van der Waals surface area contributed by atoms with Crippen molar-refractivity contribution in [2.45, 2.75) is 45.6 Å². The van der Waals surface area contributed by atoms with Gasteiger partial charge < -0.3 is 9.84 Å². The van der Waals surface area contributed by atoms with E-state index >= 15 is 0 Å². The molecule has 3 nitrogen and oxygen atoms in total. The average molecular weight is 200 g/mol. The standard InChI is InChI=1S/C11H20O3/c1-5-8(9(12)14-4)11(3,13)10(2)6-7-10/h8,13H,5-7H2,1-4H3. The van der Waals surface area contributed by atoms with Crippen molar-refractivity contribution < 1.29 is 14.6 Å². The SMILES string of the molecule is CCC(C(=O)OC)C(C)(O)C1(C)CC1. The fraction of sp³-hybridized carbons (Fsp3) is 0.909. The van der Waals surface area contributed by atoms with Crippen molar-refractivity contribution in [2.24, 2.45) is 11.3 Å². The monoisotopic (exact) mass is 200 g/mol. The minimum Gasteiger partial charge on any atom is -0.469 e. The van der Waals surface area contributed by atoms with Crippen LogP contribution in [0.4, 0.5) is 0 Å². The van der Waals surface area contributed by atoms with Crippen LogP contribution in [0.2, 0.25) is 0 Å². The second-order valence-electron chi connectivity index (χ2n) is 4.69. The summed E-state index contributed by atoms with van der Waals surface area (Å²) in [5.41, 5.74) is -1.03. The van der Waals surface area contributed by atoms with Gasteiger partial charge in [0.05, 0.1) is 18.6 Å². The quantitative estimate of drug-likeness (QED) is 0.703. The Hall–Kier alpha value is -0.570. The first-order valence-electron chi connectivity index (χ1n) is 5.19. The molecule has 1 N–H and O–H groups in total. The van der Waals surface area contributed by atoms with E-state index in [1.165, 1.54) is 7.11 Å². The predicted molar refractivity (Wildman–Crippen MR) is 53.8 cm³/mol. The number of carbonyl (C=O) groups excluding carboxylic acids is 1. The minimum atomic E-state index is -0.936. The summed E-state index contributed by atoms with van der Waals surface area (Å²) >= 11 is 0. The third kappa shape index (κ3) is 1.65. The summed E-state index contributed by atoms with van der Waals surface area (Å²) < 4.78 is 4.71. The molecule has 14 heavy (non-hydrogen) atoms. The molecule has 1 aliphatic rings. The van der Waals surface area contributed by atoms with Crippen molar-refractivity contribution in [3.05, 3.63) is 0 Å². The highest BCUT2D eigenvalue weighted by Gasteiger charge is 2.57. The Kier molecular flexibility index (Phi) is 2.91. The van der Waals surface area contributed by atoms with E-state index in [0.717, 1.165) is 12.8 Å². The first-order chi connectivity index (χ1) is 6.39. The Bertz CT molecular complexity index is 229. The van der Waals surface area contributed by atoms with E-state index in [1.54, 1.807) is 6.92 Å². The zero-order valence-corrected chi connectivity index (χ0v) is 9.46. The molecule has 82 valence electrons. The van der Waals surface area contributed by atoms with Crippen molar-refractivity contribution in [2.75, 3.05) is 7.11 Å². The van der Waals surface area contributed by atoms with Gasteiger partial charge in [0.25, 0.3) is 0 Å². The zero-order chi connectivity index (χ0) is 11.0. The van der Waals surface area contributed by atoms with Gasteiger partial charge in [-0.25, -0.2) is 0 Å². The number of methoxy groups -OCH3 is 1. The van der Waals surface area contributed by atoms with Crippen LogP contribution in [-0.2, 0) is 9.53 Å². The second kappa shape index (κ2) is 3.54. The van der Waals surface area contributed by atoms with Crippen molar-refractivity contribution in [1.82, 2.24) is 0 Å². The van der Waals surface area contributed by atoms with Gasteiger partial charge in [-0.1, -0.05) is 13.8 Å². The van der Waals surface area contributed by atoms with E-state index in [2.05, 4.69) is 0 Å². The van der Waals surface area contributed by atoms with E-state index in [1.807, 2.05) is 13.8 Å². The van der Waals surface area contributed by atoms with Crippen molar-refractivity contribution >= 4 is 5.97 Å². The van der Waals surface area contributed by atoms with E-state index in [0.29, 0.717) is 6.42 Å². The smallest absolute Gasteiger partial charge is 0.311 e. The Morgan fingerprint density at radius 3 is 2.43 bits per heavy atom. The summed E-state index contributed by atoms with van der Waals surface area (Å²) in [6.45, 7) is 5.69. The van der Waals surface area contributed by atoms with Crippen LogP contribution in [0, 0.1) is 11.3 Å². The summed E-state index contributed by atoms with van der Waals surface area (Å²) in [6, 6.07) is 0. The van der Waals surface area contributed by atoms with E-state index < -0.39 is 11.5 Å². The van der Waals surface area contributed by atoms with Crippen LogP contribution in [0.1, 0.15) is 40.0 Å². The number of hydrogen-bond donors (Lipinski definition) is 1. The molecule has 0 aromatic rings. The maximum Gasteiger partial charge on any atom is 0.311 e. The maximum atomic E-state index is 11.5. The Morgan fingerprint density at radius 2 is 2.14 bits per heavy atom. The molecule has 0 aliphatic heterocycles. The van der Waals surface area contributed by atoms with E-state index in [4.69, 9.17) is 4.74 Å². The van der Waals surface area contributed by atoms with Crippen LogP contribution < -0.4 is 0 Å². The van der Waals surface area contributed by atoms with E-state index in [-0.39, 0.29) is 11.4 Å². The van der Waals surface area contributed by atoms with Gasteiger partial charge in [-0.2, -0.15) is 0 Å². The maximum absolute atomic E-state index is 11.5. The lowest BCUT2D eigenvalue weighted by molar-refractivity contribution is -0.160. The van der Waals surface area contributed by atoms with Gasteiger partial charge in [-0.15, -0.1) is 0 Å². The van der Waals surface area contributed by atoms with Gasteiger partial charge in [0.2, 0.25) is 0 Å². The van der Waals surface area contributed by atoms with Crippen molar-refractivity contribution in [3.63, 3.8) is 0 Å². The lowest BCUT2D eigenvalue weighted by Gasteiger charge is -2.36. The van der Waals surface area contributed by atoms with Crippen LogP contribution in [0.15, 0.2) is 0 Å². The lowest BCUT2D eigenvalue weighted by Crippen LogP contribution is -2.46. The third-order valence-electron chi connectivity index (χ3n) is 3.79. The first kappa shape index (κ1) is 11.5. The van der Waals surface area contributed by atoms with Gasteiger partial charge in [-0.05, 0) is 31.6 Å². The molecule has 0 amide bonds. The molecule has 1 saturated carbocycles. The van der Waals surface area contributed by atoms with Crippen LogP contribution in [0.25, 0.3) is 0 Å². The third-order valence-corrected chi connectivity index (χ3v) is 3.79. The Labute approximate surface area is 85.5 Å². The molecule has 0 spiro atoms. The van der Waals surface area contributed by atoms with Gasteiger partial charge in [0.1, 0.15) is 0 Å². The normalized spacial score (nSPS) is 24.9. The molecule has 0 bridgehead atoms. The minimum absolute atomic E-state index is 0.0954. The topological polar surface area (TPSA) is 46.5 Å². The molecular weight excluding hydrogens is 180 g/mol. The number of hydrogen-bond acceptors (Lipinski definition) is 3. The Balaban J connectivity index is 2.82. The predicted octanol–water partition coefficient (Wildman–Crippen LogP) is 1.74. The summed E-state index contributed by atoms with van der Waals surface area (Å²) in [6.07, 6.45) is 2.61. The van der Waals surface area contributed by atoms with Crippen LogP contribution in [0.3, 0.4) is 0 Å². The van der Waals surface area contributed by atoms with Gasteiger partial charge in [0.15, 0.2) is 0 Å². The molecule has 0 heterocycles. The van der Waals surface area contributed by atoms with Crippen LogP contribution >= 0.6 is 0 Å². The van der Waals surface area contributed by atoms with Gasteiger partial charge in [-0.3, -0.25) is 4.79 Å². The molecular formula is C11H20O3. The average Bonchev–Trinajstić information content (AvgIpc) is 2.85. The zero-order valence-electron chi connectivity index (χ0n) is 9.46. The van der Waals surface area contributed by atoms with Crippen LogP contribution in [0.5, 0.6) is 0 Å². The highest BCUT2D eigenvalue weighted by Crippen LogP contribution is 2.56. The van der Waals surface area contributed by atoms with Crippen LogP contribution in [-0.4, -0.2) is 23.8 Å². The van der Waals surface area contributed by atoms with Gasteiger partial charge in [0, 0.05) is 0 Å². The largest absolute Gasteiger partial charge is 0.469 e. The summed E-state index contributed by atoms with van der Waals surface area (Å²) in [5, 5.41) is 10.4. The van der Waals surface area contributed by atoms with Crippen molar-refractivity contribution in [3.8, 4) is 0 Å². The highest BCUT2D eigenvalue weighted by molar-refractivity contribution is 5.74. The van der Waals surface area contributed by atoms with E-state index in [9.17, 15) is 9.90 Å². The number of esters is 1. The lowest BCUT2D eigenvalue weighted by atomic mass is 9.75. The molecule has 1 aliphatic carbocycles. The molecule has 0 aromatic carbocycles.